The first kappa shape index (κ1) is 15.4. The van der Waals surface area contributed by atoms with Crippen molar-refractivity contribution in [2.45, 2.75) is 26.3 Å². The van der Waals surface area contributed by atoms with Gasteiger partial charge in [-0.1, -0.05) is 46.9 Å². The normalized spacial score (nSPS) is 11.7. The Hall–Kier alpha value is -1.03. The van der Waals surface area contributed by atoms with Gasteiger partial charge >= 0.3 is 0 Å². The lowest BCUT2D eigenvalue weighted by atomic mass is 10.1. The molecule has 0 aliphatic heterocycles. The molecular weight excluding hydrogens is 319 g/mol. The van der Waals surface area contributed by atoms with Crippen molar-refractivity contribution >= 4 is 41.1 Å². The molecule has 0 bridgehead atoms. The summed E-state index contributed by atoms with van der Waals surface area (Å²) in [5.74, 6) is 0. The third-order valence-electron chi connectivity index (χ3n) is 2.82. The highest BCUT2D eigenvalue weighted by Gasteiger charge is 2.25. The Morgan fingerprint density at radius 3 is 2.40 bits per heavy atom. The predicted octanol–water partition coefficient (Wildman–Crippen LogP) is 5.08. The van der Waals surface area contributed by atoms with Crippen LogP contribution >= 0.6 is 34.8 Å². The minimum absolute atomic E-state index is 0.290. The van der Waals surface area contributed by atoms with Crippen LogP contribution in [0.5, 0.6) is 0 Å². The van der Waals surface area contributed by atoms with Crippen molar-refractivity contribution in [3.8, 4) is 11.3 Å². The zero-order chi connectivity index (χ0) is 15.1. The second kappa shape index (κ2) is 5.40. The lowest BCUT2D eigenvalue weighted by molar-refractivity contribution is 0.112. The van der Waals surface area contributed by atoms with Gasteiger partial charge in [0.15, 0.2) is 6.29 Å². The van der Waals surface area contributed by atoms with E-state index in [1.807, 2.05) is 20.8 Å². The monoisotopic (exact) mass is 330 g/mol. The average Bonchev–Trinajstić information content (AvgIpc) is 2.69. The molecule has 0 aliphatic rings. The van der Waals surface area contributed by atoms with Gasteiger partial charge in [0, 0.05) is 5.56 Å². The molecule has 20 heavy (non-hydrogen) atoms. The maximum absolute atomic E-state index is 11.3. The lowest BCUT2D eigenvalue weighted by Crippen LogP contribution is -2.23. The van der Waals surface area contributed by atoms with Gasteiger partial charge in [0.25, 0.3) is 0 Å². The fraction of sp³-hybridized carbons (Fsp3) is 0.286. The molecule has 106 valence electrons. The summed E-state index contributed by atoms with van der Waals surface area (Å²) >= 11 is 18.4. The van der Waals surface area contributed by atoms with Crippen LogP contribution in [0, 0.1) is 0 Å². The Bertz CT molecular complexity index is 672. The molecule has 1 heterocycles. The summed E-state index contributed by atoms with van der Waals surface area (Å²) in [5, 5.41) is 5.48. The van der Waals surface area contributed by atoms with Gasteiger partial charge in [0.1, 0.15) is 10.8 Å². The van der Waals surface area contributed by atoms with Gasteiger partial charge in [-0.15, -0.1) is 0 Å². The van der Waals surface area contributed by atoms with Crippen LogP contribution in [0.15, 0.2) is 18.2 Å². The maximum atomic E-state index is 11.3. The van der Waals surface area contributed by atoms with Crippen LogP contribution in [0.25, 0.3) is 11.3 Å². The maximum Gasteiger partial charge on any atom is 0.155 e. The van der Waals surface area contributed by atoms with E-state index in [1.165, 1.54) is 0 Å². The Morgan fingerprint density at radius 1 is 1.20 bits per heavy atom. The Labute approximate surface area is 132 Å². The summed E-state index contributed by atoms with van der Waals surface area (Å²) in [6.45, 7) is 5.84. The molecule has 3 nitrogen and oxygen atoms in total. The van der Waals surface area contributed by atoms with Crippen molar-refractivity contribution in [3.63, 3.8) is 0 Å². The fourth-order valence-electron chi connectivity index (χ4n) is 1.84. The Morgan fingerprint density at radius 2 is 1.85 bits per heavy atom. The second-order valence-electron chi connectivity index (χ2n) is 5.35. The number of aldehydes is 1. The van der Waals surface area contributed by atoms with E-state index in [0.29, 0.717) is 38.3 Å². The van der Waals surface area contributed by atoms with Gasteiger partial charge in [-0.05, 0) is 26.8 Å². The van der Waals surface area contributed by atoms with E-state index < -0.39 is 0 Å². The van der Waals surface area contributed by atoms with E-state index in [1.54, 1.807) is 22.9 Å². The van der Waals surface area contributed by atoms with Crippen LogP contribution in [0.1, 0.15) is 31.1 Å². The predicted molar refractivity (Wildman–Crippen MR) is 83.1 cm³/mol. The van der Waals surface area contributed by atoms with E-state index >= 15 is 0 Å². The molecule has 0 fully saturated rings. The van der Waals surface area contributed by atoms with Crippen molar-refractivity contribution in [1.82, 2.24) is 9.78 Å². The van der Waals surface area contributed by atoms with E-state index in [9.17, 15) is 4.79 Å². The van der Waals surface area contributed by atoms with Crippen molar-refractivity contribution < 1.29 is 4.79 Å². The topological polar surface area (TPSA) is 34.9 Å². The van der Waals surface area contributed by atoms with E-state index in [2.05, 4.69) is 5.10 Å². The van der Waals surface area contributed by atoms with Crippen LogP contribution in [-0.4, -0.2) is 16.1 Å². The van der Waals surface area contributed by atoms with Gasteiger partial charge < -0.3 is 0 Å². The quantitative estimate of drug-likeness (QED) is 0.719. The van der Waals surface area contributed by atoms with E-state index in [4.69, 9.17) is 34.8 Å². The molecule has 2 aromatic rings. The SMILES string of the molecule is CC(C)(C)n1nc(-c2cccc(Cl)c2Cl)c(C=O)c1Cl. The molecule has 1 aromatic carbocycles. The molecular formula is C14H13Cl3N2O. The number of hydrogen-bond acceptors (Lipinski definition) is 2. The summed E-state index contributed by atoms with van der Waals surface area (Å²) in [7, 11) is 0. The van der Waals surface area contributed by atoms with Crippen LogP contribution < -0.4 is 0 Å². The zero-order valence-corrected chi connectivity index (χ0v) is 13.5. The van der Waals surface area contributed by atoms with Crippen LogP contribution in [0.4, 0.5) is 0 Å². The van der Waals surface area contributed by atoms with Gasteiger partial charge in [0.05, 0.1) is 21.1 Å². The highest BCUT2D eigenvalue weighted by Crippen LogP contribution is 2.37. The van der Waals surface area contributed by atoms with Crippen molar-refractivity contribution in [2.75, 3.05) is 0 Å². The number of nitrogens with zero attached hydrogens (tertiary/aromatic N) is 2. The second-order valence-corrected chi connectivity index (χ2v) is 6.50. The lowest BCUT2D eigenvalue weighted by Gasteiger charge is -2.20. The molecule has 0 unspecified atom stereocenters. The largest absolute Gasteiger partial charge is 0.298 e. The third-order valence-corrected chi connectivity index (χ3v) is 4.01. The molecule has 1 aromatic heterocycles. The van der Waals surface area contributed by atoms with Gasteiger partial charge in [-0.25, -0.2) is 4.68 Å². The van der Waals surface area contributed by atoms with Crippen molar-refractivity contribution in [1.29, 1.82) is 0 Å². The number of hydrogen-bond donors (Lipinski definition) is 0. The zero-order valence-electron chi connectivity index (χ0n) is 11.2. The smallest absolute Gasteiger partial charge is 0.155 e. The van der Waals surface area contributed by atoms with Gasteiger partial charge in [-0.3, -0.25) is 4.79 Å². The summed E-state index contributed by atoms with van der Waals surface area (Å²) in [6, 6.07) is 5.19. The molecule has 6 heteroatoms. The number of halogens is 3. The first-order chi connectivity index (χ1) is 9.27. The van der Waals surface area contributed by atoms with Crippen molar-refractivity contribution in [3.05, 3.63) is 39.0 Å². The van der Waals surface area contributed by atoms with Crippen molar-refractivity contribution in [2.24, 2.45) is 0 Å². The molecule has 0 saturated carbocycles. The molecule has 0 spiro atoms. The molecule has 2 rings (SSSR count). The fourth-order valence-corrected chi connectivity index (χ4v) is 2.66. The van der Waals surface area contributed by atoms with Gasteiger partial charge in [-0.2, -0.15) is 5.10 Å². The molecule has 0 saturated heterocycles. The summed E-state index contributed by atoms with van der Waals surface area (Å²) < 4.78 is 1.60. The van der Waals surface area contributed by atoms with Gasteiger partial charge in [0.2, 0.25) is 0 Å². The van der Waals surface area contributed by atoms with Crippen LogP contribution in [-0.2, 0) is 5.54 Å². The number of carbonyl (C=O) groups excluding carboxylic acids is 1. The number of aromatic nitrogens is 2. The van der Waals surface area contributed by atoms with E-state index in [-0.39, 0.29) is 5.54 Å². The Balaban J connectivity index is 2.75. The minimum Gasteiger partial charge on any atom is -0.298 e. The van der Waals surface area contributed by atoms with Crippen LogP contribution in [0.3, 0.4) is 0 Å². The first-order valence-electron chi connectivity index (χ1n) is 5.96. The number of carbonyl (C=O) groups is 1. The average molecular weight is 332 g/mol. The molecule has 0 aliphatic carbocycles. The Kier molecular flexibility index (Phi) is 4.14. The number of rotatable bonds is 2. The molecule has 0 radical (unpaired) electrons. The minimum atomic E-state index is -0.349. The highest BCUT2D eigenvalue weighted by atomic mass is 35.5. The highest BCUT2D eigenvalue weighted by molar-refractivity contribution is 6.43. The third kappa shape index (κ3) is 2.58. The standard InChI is InChI=1S/C14H13Cl3N2O/c1-14(2,3)19-13(17)9(7-20)12(18-19)8-5-4-6-10(15)11(8)16/h4-7H,1-3H3. The number of benzene rings is 1. The summed E-state index contributed by atoms with van der Waals surface area (Å²) in [6.07, 6.45) is 0.685. The molecule has 0 amide bonds. The summed E-state index contributed by atoms with van der Waals surface area (Å²) in [4.78, 5) is 11.3. The summed E-state index contributed by atoms with van der Waals surface area (Å²) in [5.41, 5.74) is 0.988. The van der Waals surface area contributed by atoms with Crippen LogP contribution in [0.2, 0.25) is 15.2 Å². The first-order valence-corrected chi connectivity index (χ1v) is 7.09. The van der Waals surface area contributed by atoms with E-state index in [0.717, 1.165) is 0 Å². The molecule has 0 N–H and O–H groups in total. The molecule has 0 atom stereocenters.